The van der Waals surface area contributed by atoms with E-state index in [2.05, 4.69) is 25.2 Å². The van der Waals surface area contributed by atoms with E-state index in [1.807, 2.05) is 0 Å². The minimum absolute atomic E-state index is 0.0231. The smallest absolute Gasteiger partial charge is 0.387 e. The number of carbonyl (C=O) groups is 1. The fourth-order valence-electron chi connectivity index (χ4n) is 2.42. The minimum atomic E-state index is -2.98. The molecule has 1 heterocycles. The molecule has 0 aliphatic rings. The molecule has 0 saturated heterocycles. The Hall–Kier alpha value is -3.69. The summed E-state index contributed by atoms with van der Waals surface area (Å²) in [6.07, 6.45) is 0. The predicted molar refractivity (Wildman–Crippen MR) is 95.9 cm³/mol. The Bertz CT molecular complexity index is 978. The number of ether oxygens (including phenoxy) is 3. The largest absolute Gasteiger partial charge is 0.493 e. The predicted octanol–water partition coefficient (Wildman–Crippen LogP) is 3.34. The van der Waals surface area contributed by atoms with Crippen molar-refractivity contribution in [3.05, 3.63) is 48.0 Å². The molecule has 2 aromatic carbocycles. The molecule has 3 aromatic rings. The van der Waals surface area contributed by atoms with Crippen LogP contribution in [0.5, 0.6) is 17.2 Å². The van der Waals surface area contributed by atoms with Crippen molar-refractivity contribution in [2.45, 2.75) is 6.61 Å². The summed E-state index contributed by atoms with van der Waals surface area (Å²) < 4.78 is 39.3. The first-order valence-corrected chi connectivity index (χ1v) is 8.01. The Morgan fingerprint density at radius 3 is 2.61 bits per heavy atom. The molecule has 0 spiro atoms. The van der Waals surface area contributed by atoms with Gasteiger partial charge in [-0.1, -0.05) is 6.07 Å². The van der Waals surface area contributed by atoms with Crippen LogP contribution >= 0.6 is 0 Å². The lowest BCUT2D eigenvalue weighted by atomic mass is 10.2. The van der Waals surface area contributed by atoms with Crippen molar-refractivity contribution in [3.63, 3.8) is 0 Å². The van der Waals surface area contributed by atoms with Gasteiger partial charge in [-0.15, -0.1) is 5.10 Å². The van der Waals surface area contributed by atoms with Gasteiger partial charge >= 0.3 is 6.61 Å². The molecule has 0 saturated carbocycles. The van der Waals surface area contributed by atoms with E-state index in [-0.39, 0.29) is 17.3 Å². The first-order valence-electron chi connectivity index (χ1n) is 8.01. The van der Waals surface area contributed by atoms with Crippen molar-refractivity contribution >= 4 is 11.9 Å². The Kier molecular flexibility index (Phi) is 5.68. The van der Waals surface area contributed by atoms with Gasteiger partial charge in [-0.05, 0) is 36.4 Å². The number of carbonyl (C=O) groups excluding carboxylic acids is 1. The van der Waals surface area contributed by atoms with Crippen molar-refractivity contribution < 1.29 is 27.8 Å². The Morgan fingerprint density at radius 1 is 1.11 bits per heavy atom. The van der Waals surface area contributed by atoms with E-state index in [0.29, 0.717) is 22.9 Å². The Labute approximate surface area is 158 Å². The van der Waals surface area contributed by atoms with Crippen LogP contribution in [0.3, 0.4) is 0 Å². The summed E-state index contributed by atoms with van der Waals surface area (Å²) >= 11 is 0. The Balaban J connectivity index is 1.75. The van der Waals surface area contributed by atoms with Crippen molar-refractivity contribution in [3.8, 4) is 28.6 Å². The van der Waals surface area contributed by atoms with E-state index in [9.17, 15) is 13.6 Å². The van der Waals surface area contributed by atoms with Gasteiger partial charge in [0.25, 0.3) is 5.91 Å². The van der Waals surface area contributed by atoms with Crippen LogP contribution in [0.2, 0.25) is 0 Å². The number of nitrogens with one attached hydrogen (secondary N) is 2. The second-order valence-electron chi connectivity index (χ2n) is 5.44. The average molecular weight is 390 g/mol. The number of benzene rings is 2. The minimum Gasteiger partial charge on any atom is -0.493 e. The molecule has 8 nitrogen and oxygen atoms in total. The number of alkyl halides is 2. The van der Waals surface area contributed by atoms with Gasteiger partial charge in [0.1, 0.15) is 5.75 Å². The molecule has 0 aliphatic heterocycles. The molecule has 0 aliphatic carbocycles. The lowest BCUT2D eigenvalue weighted by molar-refractivity contribution is -0.0498. The lowest BCUT2D eigenvalue weighted by Crippen LogP contribution is -2.13. The number of aromatic amines is 1. The fraction of sp³-hybridized carbons (Fsp3) is 0.167. The summed E-state index contributed by atoms with van der Waals surface area (Å²) in [5, 5.41) is 9.13. The number of hydrogen-bond donors (Lipinski definition) is 2. The normalized spacial score (nSPS) is 10.6. The monoisotopic (exact) mass is 390 g/mol. The van der Waals surface area contributed by atoms with Gasteiger partial charge < -0.3 is 14.2 Å². The highest BCUT2D eigenvalue weighted by Gasteiger charge is 2.14. The number of rotatable bonds is 7. The van der Waals surface area contributed by atoms with E-state index >= 15 is 0 Å². The highest BCUT2D eigenvalue weighted by atomic mass is 19.3. The first-order chi connectivity index (χ1) is 13.5. The topological polar surface area (TPSA) is 98.4 Å². The molecular formula is C18H16F2N4O4. The number of amides is 1. The van der Waals surface area contributed by atoms with E-state index < -0.39 is 12.5 Å². The number of halogens is 2. The van der Waals surface area contributed by atoms with Gasteiger partial charge in [-0.25, -0.2) is 0 Å². The zero-order valence-electron chi connectivity index (χ0n) is 14.9. The maximum absolute atomic E-state index is 12.3. The van der Waals surface area contributed by atoms with Crippen LogP contribution in [0.15, 0.2) is 42.5 Å². The second-order valence-corrected chi connectivity index (χ2v) is 5.44. The molecule has 0 radical (unpaired) electrons. The molecule has 0 fully saturated rings. The highest BCUT2D eigenvalue weighted by Crippen LogP contribution is 2.31. The average Bonchev–Trinajstić information content (AvgIpc) is 3.15. The van der Waals surface area contributed by atoms with Crippen LogP contribution in [0, 0.1) is 0 Å². The van der Waals surface area contributed by atoms with E-state index in [4.69, 9.17) is 9.47 Å². The van der Waals surface area contributed by atoms with Crippen LogP contribution in [-0.2, 0) is 0 Å². The van der Waals surface area contributed by atoms with Gasteiger partial charge in [0, 0.05) is 11.1 Å². The van der Waals surface area contributed by atoms with Crippen LogP contribution in [0.4, 0.5) is 14.7 Å². The van der Waals surface area contributed by atoms with Crippen LogP contribution in [0.1, 0.15) is 10.4 Å². The number of hydrogen-bond acceptors (Lipinski definition) is 6. The summed E-state index contributed by atoms with van der Waals surface area (Å²) in [5.41, 5.74) is 0.786. The third-order valence-corrected chi connectivity index (χ3v) is 3.69. The lowest BCUT2D eigenvalue weighted by Gasteiger charge is -2.08. The third kappa shape index (κ3) is 4.34. The van der Waals surface area contributed by atoms with E-state index in [0.717, 1.165) is 0 Å². The van der Waals surface area contributed by atoms with Gasteiger partial charge in [-0.3, -0.25) is 15.2 Å². The summed E-state index contributed by atoms with van der Waals surface area (Å²) in [7, 11) is 3.04. The summed E-state index contributed by atoms with van der Waals surface area (Å²) in [4.78, 5) is 16.5. The van der Waals surface area contributed by atoms with Crippen molar-refractivity contribution in [2.75, 3.05) is 19.5 Å². The molecule has 0 atom stereocenters. The number of aromatic nitrogens is 3. The molecule has 28 heavy (non-hydrogen) atoms. The highest BCUT2D eigenvalue weighted by molar-refractivity contribution is 6.03. The standard InChI is InChI=1S/C18H16F2N4O4/c1-26-13-7-6-10(9-14(13)27-2)15-21-18(24-23-15)22-16(25)11-4-3-5-12(8-11)28-17(19)20/h3-9,17H,1-2H3,(H2,21,22,23,24,25). The number of methoxy groups -OCH3 is 2. The SMILES string of the molecule is COc1ccc(-c2nc(NC(=O)c3cccc(OC(F)F)c3)n[nH]2)cc1OC. The van der Waals surface area contributed by atoms with Gasteiger partial charge in [0.2, 0.25) is 5.95 Å². The molecule has 1 amide bonds. The van der Waals surface area contributed by atoms with Crippen molar-refractivity contribution in [1.82, 2.24) is 15.2 Å². The number of anilines is 1. The van der Waals surface area contributed by atoms with Gasteiger partial charge in [0.05, 0.1) is 14.2 Å². The maximum atomic E-state index is 12.3. The zero-order valence-corrected chi connectivity index (χ0v) is 14.9. The van der Waals surface area contributed by atoms with Gasteiger partial charge in [0.15, 0.2) is 17.3 Å². The number of nitrogens with zero attached hydrogens (tertiary/aromatic N) is 2. The molecule has 2 N–H and O–H groups in total. The van der Waals surface area contributed by atoms with E-state index in [1.54, 1.807) is 18.2 Å². The first kappa shape index (κ1) is 19.1. The molecule has 3 rings (SSSR count). The summed E-state index contributed by atoms with van der Waals surface area (Å²) in [5.74, 6) is 0.797. The van der Waals surface area contributed by atoms with Crippen molar-refractivity contribution in [1.29, 1.82) is 0 Å². The third-order valence-electron chi connectivity index (χ3n) is 3.69. The molecule has 1 aromatic heterocycles. The Morgan fingerprint density at radius 2 is 1.89 bits per heavy atom. The molecular weight excluding hydrogens is 374 g/mol. The fourth-order valence-corrected chi connectivity index (χ4v) is 2.42. The molecule has 10 heteroatoms. The van der Waals surface area contributed by atoms with Crippen LogP contribution < -0.4 is 19.5 Å². The second kappa shape index (κ2) is 8.33. The van der Waals surface area contributed by atoms with E-state index in [1.165, 1.54) is 38.5 Å². The van der Waals surface area contributed by atoms with Crippen LogP contribution in [0.25, 0.3) is 11.4 Å². The summed E-state index contributed by atoms with van der Waals surface area (Å²) in [6, 6.07) is 10.6. The van der Waals surface area contributed by atoms with Crippen LogP contribution in [-0.4, -0.2) is 41.9 Å². The van der Waals surface area contributed by atoms with Gasteiger partial charge in [-0.2, -0.15) is 13.8 Å². The molecule has 146 valence electrons. The summed E-state index contributed by atoms with van der Waals surface area (Å²) in [6.45, 7) is -2.98. The van der Waals surface area contributed by atoms with Crippen molar-refractivity contribution in [2.24, 2.45) is 0 Å². The number of H-pyrrole nitrogens is 1. The zero-order chi connectivity index (χ0) is 20.1. The molecule has 0 unspecified atom stereocenters. The maximum Gasteiger partial charge on any atom is 0.387 e. The molecule has 0 bridgehead atoms. The quantitative estimate of drug-likeness (QED) is 0.642.